The van der Waals surface area contributed by atoms with Crippen LogP contribution < -0.4 is 15.6 Å². The maximum absolute atomic E-state index is 14.8. The van der Waals surface area contributed by atoms with Crippen molar-refractivity contribution in [1.29, 1.82) is 0 Å². The van der Waals surface area contributed by atoms with Gasteiger partial charge >= 0.3 is 5.97 Å². The number of hydrogen-bond donors (Lipinski definition) is 2. The van der Waals surface area contributed by atoms with Crippen LogP contribution in [0.4, 0.5) is 14.6 Å². The topological polar surface area (TPSA) is 100 Å². The van der Waals surface area contributed by atoms with Crippen molar-refractivity contribution in [2.45, 2.75) is 13.0 Å². The van der Waals surface area contributed by atoms with Gasteiger partial charge in [-0.15, -0.1) is 12.4 Å². The fourth-order valence-corrected chi connectivity index (χ4v) is 3.40. The lowest BCUT2D eigenvalue weighted by molar-refractivity contribution is 0.0695. The van der Waals surface area contributed by atoms with Gasteiger partial charge in [-0.05, 0) is 25.1 Å². The van der Waals surface area contributed by atoms with Crippen molar-refractivity contribution in [3.8, 4) is 5.82 Å². The molecule has 1 saturated heterocycles. The van der Waals surface area contributed by atoms with Gasteiger partial charge in [0.15, 0.2) is 17.3 Å². The van der Waals surface area contributed by atoms with Crippen LogP contribution in [0.5, 0.6) is 0 Å². The molecule has 8 nitrogen and oxygen atoms in total. The van der Waals surface area contributed by atoms with Gasteiger partial charge in [0.1, 0.15) is 17.2 Å². The van der Waals surface area contributed by atoms with E-state index in [1.165, 1.54) is 10.6 Å². The van der Waals surface area contributed by atoms with Gasteiger partial charge in [-0.25, -0.2) is 23.5 Å². The van der Waals surface area contributed by atoms with Crippen LogP contribution in [0.2, 0.25) is 0 Å². The molecule has 3 aromatic heterocycles. The highest BCUT2D eigenvalue weighted by molar-refractivity contribution is 5.92. The lowest BCUT2D eigenvalue weighted by Crippen LogP contribution is -2.49. The average Bonchev–Trinajstić information content (AvgIpc) is 2.69. The highest BCUT2D eigenvalue weighted by Gasteiger charge is 2.24. The first-order valence-electron chi connectivity index (χ1n) is 8.94. The molecule has 0 aromatic carbocycles. The predicted molar refractivity (Wildman–Crippen MR) is 109 cm³/mol. The van der Waals surface area contributed by atoms with Gasteiger partial charge in [-0.1, -0.05) is 0 Å². The molecule has 4 rings (SSSR count). The zero-order chi connectivity index (χ0) is 20.7. The number of halogens is 3. The van der Waals surface area contributed by atoms with Gasteiger partial charge in [-0.2, -0.15) is 0 Å². The fraction of sp³-hybridized carbons (Fsp3) is 0.263. The molecule has 30 heavy (non-hydrogen) atoms. The van der Waals surface area contributed by atoms with E-state index in [2.05, 4.69) is 15.3 Å². The molecule has 1 atom stereocenters. The molecular weight excluding hydrogens is 420 g/mol. The largest absolute Gasteiger partial charge is 0.477 e. The Labute approximate surface area is 175 Å². The molecule has 1 aliphatic rings. The Morgan fingerprint density at radius 3 is 2.73 bits per heavy atom. The molecule has 11 heteroatoms. The number of piperazine rings is 1. The number of aromatic nitrogens is 3. The Bertz CT molecular complexity index is 1170. The summed E-state index contributed by atoms with van der Waals surface area (Å²) in [4.78, 5) is 34.2. The zero-order valence-corrected chi connectivity index (χ0v) is 16.6. The van der Waals surface area contributed by atoms with Crippen molar-refractivity contribution in [2.24, 2.45) is 0 Å². The average molecular weight is 438 g/mol. The molecule has 0 spiro atoms. The number of aromatic carboxylic acids is 1. The van der Waals surface area contributed by atoms with Crippen LogP contribution in [0.25, 0.3) is 16.9 Å². The number of anilines is 1. The minimum Gasteiger partial charge on any atom is -0.477 e. The Kier molecular flexibility index (Phi) is 5.99. The molecule has 4 heterocycles. The Morgan fingerprint density at radius 1 is 1.33 bits per heavy atom. The van der Waals surface area contributed by atoms with Crippen LogP contribution >= 0.6 is 12.4 Å². The van der Waals surface area contributed by atoms with E-state index in [1.807, 2.05) is 6.92 Å². The summed E-state index contributed by atoms with van der Waals surface area (Å²) in [6.45, 7) is 3.64. The third kappa shape index (κ3) is 3.83. The number of nitrogens with zero attached hydrogens (tertiary/aromatic N) is 4. The summed E-state index contributed by atoms with van der Waals surface area (Å²) in [5, 5.41) is 12.4. The summed E-state index contributed by atoms with van der Waals surface area (Å²) in [7, 11) is 0. The second-order valence-corrected chi connectivity index (χ2v) is 6.85. The molecular formula is C19H18ClF2N5O3. The summed E-state index contributed by atoms with van der Waals surface area (Å²) in [5.74, 6) is -2.55. The maximum Gasteiger partial charge on any atom is 0.341 e. The molecule has 3 aromatic rings. The molecule has 158 valence electrons. The van der Waals surface area contributed by atoms with Gasteiger partial charge in [0.25, 0.3) is 0 Å². The van der Waals surface area contributed by atoms with Crippen molar-refractivity contribution < 1.29 is 18.7 Å². The van der Waals surface area contributed by atoms with E-state index in [9.17, 15) is 23.5 Å². The molecule has 0 saturated carbocycles. The second kappa shape index (κ2) is 8.33. The number of nitrogens with one attached hydrogen (secondary N) is 1. The molecule has 2 N–H and O–H groups in total. The maximum atomic E-state index is 14.8. The minimum atomic E-state index is -1.46. The lowest BCUT2D eigenvalue weighted by atomic mass is 10.1. The van der Waals surface area contributed by atoms with Gasteiger partial charge in [0, 0.05) is 31.9 Å². The van der Waals surface area contributed by atoms with Gasteiger partial charge in [0.2, 0.25) is 5.43 Å². The normalized spacial score (nSPS) is 16.4. The van der Waals surface area contributed by atoms with Crippen molar-refractivity contribution in [3.05, 3.63) is 58.0 Å². The van der Waals surface area contributed by atoms with Crippen LogP contribution in [0.3, 0.4) is 0 Å². The smallest absolute Gasteiger partial charge is 0.341 e. The SMILES string of the molecule is CC1CN(c2nc3c(cc2F)c(=O)c(C(=O)O)cn3-c2ccc(F)cn2)CCN1.Cl. The van der Waals surface area contributed by atoms with Crippen molar-refractivity contribution in [2.75, 3.05) is 24.5 Å². The van der Waals surface area contributed by atoms with Crippen LogP contribution in [-0.2, 0) is 0 Å². The molecule has 1 aliphatic heterocycles. The Morgan fingerprint density at radius 2 is 2.10 bits per heavy atom. The standard InChI is InChI=1S/C19H17F2N5O3.ClH/c1-10-8-25(5-4-22-10)18-14(21)6-12-16(27)13(19(28)29)9-26(17(12)24-18)15-3-2-11(20)7-23-15;/h2-3,6-7,9-10,22H,4-5,8H2,1H3,(H,28,29);1H. The van der Waals surface area contributed by atoms with Gasteiger partial charge in [0.05, 0.1) is 11.6 Å². The van der Waals surface area contributed by atoms with E-state index in [0.717, 1.165) is 24.5 Å². The first-order chi connectivity index (χ1) is 13.8. The van der Waals surface area contributed by atoms with Crippen molar-refractivity contribution in [3.63, 3.8) is 0 Å². The first-order valence-corrected chi connectivity index (χ1v) is 8.94. The quantitative estimate of drug-likeness (QED) is 0.646. The first kappa shape index (κ1) is 21.6. The molecule has 0 bridgehead atoms. The van der Waals surface area contributed by atoms with Crippen LogP contribution in [0.15, 0.2) is 35.4 Å². The summed E-state index contributed by atoms with van der Waals surface area (Å²) >= 11 is 0. The van der Waals surface area contributed by atoms with Crippen LogP contribution in [-0.4, -0.2) is 51.3 Å². The zero-order valence-electron chi connectivity index (χ0n) is 15.8. The van der Waals surface area contributed by atoms with E-state index in [0.29, 0.717) is 19.6 Å². The number of rotatable bonds is 3. The molecule has 0 aliphatic carbocycles. The second-order valence-electron chi connectivity index (χ2n) is 6.85. The summed E-state index contributed by atoms with van der Waals surface area (Å²) in [6, 6.07) is 3.59. The number of hydrogen-bond acceptors (Lipinski definition) is 6. The van der Waals surface area contributed by atoms with E-state index < -0.39 is 28.6 Å². The minimum absolute atomic E-state index is 0. The number of carbonyl (C=O) groups is 1. The monoisotopic (exact) mass is 437 g/mol. The van der Waals surface area contributed by atoms with E-state index in [1.54, 1.807) is 4.90 Å². The summed E-state index contributed by atoms with van der Waals surface area (Å²) in [6.07, 6.45) is 2.03. The van der Waals surface area contributed by atoms with E-state index >= 15 is 0 Å². The molecule has 1 unspecified atom stereocenters. The predicted octanol–water partition coefficient (Wildman–Crippen LogP) is 1.98. The number of pyridine rings is 3. The van der Waals surface area contributed by atoms with E-state index in [4.69, 9.17) is 0 Å². The number of carboxylic acid groups (broad SMARTS) is 1. The Hall–Kier alpha value is -3.11. The van der Waals surface area contributed by atoms with Crippen LogP contribution in [0, 0.1) is 11.6 Å². The lowest BCUT2D eigenvalue weighted by Gasteiger charge is -2.33. The van der Waals surface area contributed by atoms with E-state index in [-0.39, 0.29) is 41.1 Å². The summed E-state index contributed by atoms with van der Waals surface area (Å²) in [5.41, 5.74) is -1.37. The number of carboxylic acids is 1. The highest BCUT2D eigenvalue weighted by Crippen LogP contribution is 2.24. The summed E-state index contributed by atoms with van der Waals surface area (Å²) < 4.78 is 29.4. The van der Waals surface area contributed by atoms with Crippen LogP contribution in [0.1, 0.15) is 17.3 Å². The fourth-order valence-electron chi connectivity index (χ4n) is 3.40. The highest BCUT2D eigenvalue weighted by atomic mass is 35.5. The van der Waals surface area contributed by atoms with Gasteiger partial charge in [-0.3, -0.25) is 9.36 Å². The van der Waals surface area contributed by atoms with Gasteiger partial charge < -0.3 is 15.3 Å². The van der Waals surface area contributed by atoms with Crippen molar-refractivity contribution in [1.82, 2.24) is 19.9 Å². The molecule has 0 radical (unpaired) electrons. The molecule has 0 amide bonds. The molecule has 1 fully saturated rings. The third-order valence-electron chi connectivity index (χ3n) is 4.77. The van der Waals surface area contributed by atoms with Crippen molar-refractivity contribution >= 4 is 35.2 Å². The Balaban J connectivity index is 0.00000256. The third-order valence-corrected chi connectivity index (χ3v) is 4.77. The number of fused-ring (bicyclic) bond motifs is 1.